The Morgan fingerprint density at radius 3 is 2.54 bits per heavy atom. The summed E-state index contributed by atoms with van der Waals surface area (Å²) in [6.07, 6.45) is 0. The molecule has 134 valence electrons. The van der Waals surface area contributed by atoms with Crippen LogP contribution in [0.5, 0.6) is 0 Å². The molecule has 9 heteroatoms. The van der Waals surface area contributed by atoms with E-state index in [2.05, 4.69) is 4.98 Å². The zero-order valence-corrected chi connectivity index (χ0v) is 15.3. The molecule has 0 bridgehead atoms. The molecule has 0 spiro atoms. The number of imidazole rings is 1. The van der Waals surface area contributed by atoms with Crippen LogP contribution in [0.1, 0.15) is 5.69 Å². The monoisotopic (exact) mass is 372 g/mol. The number of fused-ring (bicyclic) bond motifs is 2. The molecule has 0 radical (unpaired) electrons. The Kier molecular flexibility index (Phi) is 3.48. The average Bonchev–Trinajstić information content (AvgIpc) is 3.07. The van der Waals surface area contributed by atoms with Crippen LogP contribution in [0, 0.1) is 0 Å². The molecule has 3 heterocycles. The van der Waals surface area contributed by atoms with Crippen molar-refractivity contribution in [1.29, 1.82) is 0 Å². The third-order valence-corrected chi connectivity index (χ3v) is 5.05. The van der Waals surface area contributed by atoms with Crippen molar-refractivity contribution in [3.8, 4) is 0 Å². The van der Waals surface area contributed by atoms with Gasteiger partial charge >= 0.3 is 5.69 Å². The van der Waals surface area contributed by atoms with Crippen LogP contribution in [0.2, 0.25) is 5.02 Å². The zero-order valence-electron chi connectivity index (χ0n) is 14.5. The standard InChI is InChI=1S/C17H17ClN6O2/c1-21-11(7-9-6-10(18)4-5-12(9)21)8-24-15(25)13-14(23(3)17(24)26)20-16(19)22(13)2/h4-7H,8H2,1-3H3,(H2,19,20). The molecule has 0 aliphatic rings. The average molecular weight is 373 g/mol. The minimum absolute atomic E-state index is 0.134. The van der Waals surface area contributed by atoms with Gasteiger partial charge in [0.15, 0.2) is 11.2 Å². The molecule has 3 aromatic heterocycles. The first kappa shape index (κ1) is 16.5. The number of aryl methyl sites for hydroxylation is 3. The van der Waals surface area contributed by atoms with E-state index in [1.54, 1.807) is 14.1 Å². The summed E-state index contributed by atoms with van der Waals surface area (Å²) in [5, 5.41) is 1.58. The molecule has 4 rings (SSSR count). The van der Waals surface area contributed by atoms with E-state index in [1.807, 2.05) is 35.9 Å². The summed E-state index contributed by atoms with van der Waals surface area (Å²) in [5.74, 6) is 0.184. The molecule has 1 aromatic carbocycles. The van der Waals surface area contributed by atoms with Gasteiger partial charge in [0.1, 0.15) is 0 Å². The third-order valence-electron chi connectivity index (χ3n) is 4.82. The molecular weight excluding hydrogens is 356 g/mol. The van der Waals surface area contributed by atoms with E-state index in [4.69, 9.17) is 17.3 Å². The highest BCUT2D eigenvalue weighted by atomic mass is 35.5. The van der Waals surface area contributed by atoms with Crippen LogP contribution in [0.4, 0.5) is 5.95 Å². The van der Waals surface area contributed by atoms with Crippen LogP contribution in [0.15, 0.2) is 33.9 Å². The number of nitrogen functional groups attached to an aromatic ring is 1. The van der Waals surface area contributed by atoms with Crippen molar-refractivity contribution in [2.24, 2.45) is 21.1 Å². The number of benzene rings is 1. The fourth-order valence-electron chi connectivity index (χ4n) is 3.29. The lowest BCUT2D eigenvalue weighted by Crippen LogP contribution is -2.40. The van der Waals surface area contributed by atoms with Gasteiger partial charge in [-0.05, 0) is 24.3 Å². The fraction of sp³-hybridized carbons (Fsp3) is 0.235. The van der Waals surface area contributed by atoms with Crippen molar-refractivity contribution >= 4 is 39.6 Å². The van der Waals surface area contributed by atoms with Crippen molar-refractivity contribution in [3.05, 3.63) is 55.8 Å². The molecule has 4 aromatic rings. The smallest absolute Gasteiger partial charge is 0.332 e. The number of rotatable bonds is 2. The van der Waals surface area contributed by atoms with E-state index in [0.717, 1.165) is 16.6 Å². The van der Waals surface area contributed by atoms with Gasteiger partial charge in [-0.1, -0.05) is 11.6 Å². The minimum atomic E-state index is -0.441. The molecule has 0 aliphatic heterocycles. The number of hydrogen-bond acceptors (Lipinski definition) is 4. The second-order valence-electron chi connectivity index (χ2n) is 6.33. The van der Waals surface area contributed by atoms with Gasteiger partial charge in [-0.15, -0.1) is 0 Å². The van der Waals surface area contributed by atoms with Crippen LogP contribution >= 0.6 is 11.6 Å². The Bertz CT molecular complexity index is 1310. The van der Waals surface area contributed by atoms with Gasteiger partial charge < -0.3 is 14.9 Å². The topological polar surface area (TPSA) is 92.8 Å². The summed E-state index contributed by atoms with van der Waals surface area (Å²) in [7, 11) is 5.12. The lowest BCUT2D eigenvalue weighted by Gasteiger charge is -2.09. The molecule has 0 atom stereocenters. The van der Waals surface area contributed by atoms with Crippen LogP contribution in [0.25, 0.3) is 22.1 Å². The Balaban J connectivity index is 1.96. The van der Waals surface area contributed by atoms with Gasteiger partial charge in [0.2, 0.25) is 5.95 Å². The highest BCUT2D eigenvalue weighted by Crippen LogP contribution is 2.23. The normalized spacial score (nSPS) is 11.7. The highest BCUT2D eigenvalue weighted by molar-refractivity contribution is 6.31. The van der Waals surface area contributed by atoms with Crippen molar-refractivity contribution in [2.75, 3.05) is 5.73 Å². The van der Waals surface area contributed by atoms with Gasteiger partial charge in [-0.2, -0.15) is 4.98 Å². The summed E-state index contributed by atoms with van der Waals surface area (Å²) < 4.78 is 5.97. The zero-order chi connectivity index (χ0) is 18.7. The number of nitrogens with two attached hydrogens (primary N) is 1. The number of anilines is 1. The van der Waals surface area contributed by atoms with Gasteiger partial charge in [-0.3, -0.25) is 13.9 Å². The molecule has 0 unspecified atom stereocenters. The molecule has 0 saturated carbocycles. The van der Waals surface area contributed by atoms with Crippen LogP contribution in [-0.2, 0) is 27.7 Å². The largest absolute Gasteiger partial charge is 0.369 e. The van der Waals surface area contributed by atoms with Crippen LogP contribution in [-0.4, -0.2) is 23.3 Å². The summed E-state index contributed by atoms with van der Waals surface area (Å²) in [4.78, 5) is 29.8. The van der Waals surface area contributed by atoms with Crippen LogP contribution < -0.4 is 17.0 Å². The molecule has 2 N–H and O–H groups in total. The number of nitrogens with zero attached hydrogens (tertiary/aromatic N) is 5. The quantitative estimate of drug-likeness (QED) is 0.572. The lowest BCUT2D eigenvalue weighted by atomic mass is 10.2. The fourth-order valence-corrected chi connectivity index (χ4v) is 3.47. The summed E-state index contributed by atoms with van der Waals surface area (Å²) >= 11 is 6.06. The third kappa shape index (κ3) is 2.19. The second-order valence-corrected chi connectivity index (χ2v) is 6.77. The van der Waals surface area contributed by atoms with E-state index < -0.39 is 11.2 Å². The van der Waals surface area contributed by atoms with Gasteiger partial charge in [0, 0.05) is 42.8 Å². The predicted molar refractivity (Wildman–Crippen MR) is 102 cm³/mol. The first-order chi connectivity index (χ1) is 12.3. The Hall–Kier alpha value is -3.00. The number of halogens is 1. The lowest BCUT2D eigenvalue weighted by molar-refractivity contribution is 0.632. The Morgan fingerprint density at radius 2 is 1.81 bits per heavy atom. The maximum Gasteiger partial charge on any atom is 0.332 e. The first-order valence-electron chi connectivity index (χ1n) is 7.95. The number of aromatic nitrogens is 5. The summed E-state index contributed by atoms with van der Waals surface area (Å²) in [5.41, 5.74) is 7.31. The maximum absolute atomic E-state index is 12.9. The molecule has 26 heavy (non-hydrogen) atoms. The van der Waals surface area contributed by atoms with Gasteiger partial charge in [0.25, 0.3) is 5.56 Å². The number of hydrogen-bond donors (Lipinski definition) is 1. The Labute approximate surface area is 152 Å². The van der Waals surface area contributed by atoms with Gasteiger partial charge in [0.05, 0.1) is 6.54 Å². The summed E-state index contributed by atoms with van der Waals surface area (Å²) in [6, 6.07) is 7.50. The highest BCUT2D eigenvalue weighted by Gasteiger charge is 2.18. The molecular formula is C17H17ClN6O2. The Morgan fingerprint density at radius 1 is 1.08 bits per heavy atom. The molecule has 8 nitrogen and oxygen atoms in total. The van der Waals surface area contributed by atoms with E-state index in [9.17, 15) is 9.59 Å². The van der Waals surface area contributed by atoms with Crippen LogP contribution in [0.3, 0.4) is 0 Å². The predicted octanol–water partition coefficient (Wildman–Crippen LogP) is 1.21. The molecule has 0 aliphatic carbocycles. The van der Waals surface area contributed by atoms with Crippen molar-refractivity contribution in [2.45, 2.75) is 6.54 Å². The summed E-state index contributed by atoms with van der Waals surface area (Å²) in [6.45, 7) is 0.134. The van der Waals surface area contributed by atoms with E-state index in [0.29, 0.717) is 10.5 Å². The SMILES string of the molecule is Cn1c(Cn2c(=O)c3c(nc(N)n3C)n(C)c2=O)cc2cc(Cl)ccc21. The second kappa shape index (κ2) is 5.50. The van der Waals surface area contributed by atoms with E-state index in [1.165, 1.54) is 13.7 Å². The molecule has 0 amide bonds. The van der Waals surface area contributed by atoms with Crippen molar-refractivity contribution in [3.63, 3.8) is 0 Å². The van der Waals surface area contributed by atoms with Gasteiger partial charge in [-0.25, -0.2) is 4.79 Å². The molecule has 0 fully saturated rings. The van der Waals surface area contributed by atoms with E-state index >= 15 is 0 Å². The molecule has 0 saturated heterocycles. The van der Waals surface area contributed by atoms with Crippen molar-refractivity contribution < 1.29 is 0 Å². The van der Waals surface area contributed by atoms with Crippen molar-refractivity contribution in [1.82, 2.24) is 23.3 Å². The van der Waals surface area contributed by atoms with E-state index in [-0.39, 0.29) is 18.1 Å². The minimum Gasteiger partial charge on any atom is -0.369 e. The first-order valence-corrected chi connectivity index (χ1v) is 8.33. The maximum atomic E-state index is 12.9.